The van der Waals surface area contributed by atoms with Gasteiger partial charge in [-0.1, -0.05) is 13.8 Å². The molecule has 0 aliphatic carbocycles. The van der Waals surface area contributed by atoms with Crippen molar-refractivity contribution in [1.82, 2.24) is 14.7 Å². The number of nitrogens with zero attached hydrogens (tertiary/aromatic N) is 3. The molecule has 106 valence electrons. The molecule has 1 amide bonds. The molecule has 1 unspecified atom stereocenters. The number of aryl methyl sites for hydroxylation is 1. The van der Waals surface area contributed by atoms with E-state index in [9.17, 15) is 4.79 Å². The van der Waals surface area contributed by atoms with Crippen molar-refractivity contribution in [2.45, 2.75) is 26.4 Å². The van der Waals surface area contributed by atoms with Gasteiger partial charge in [0.25, 0.3) is 0 Å². The molecule has 18 heavy (non-hydrogen) atoms. The van der Waals surface area contributed by atoms with E-state index in [1.807, 2.05) is 27.1 Å². The highest BCUT2D eigenvalue weighted by atomic mass is 35.5. The van der Waals surface area contributed by atoms with Gasteiger partial charge in [-0.25, -0.2) is 0 Å². The lowest BCUT2D eigenvalue weighted by atomic mass is 10.0. The summed E-state index contributed by atoms with van der Waals surface area (Å²) in [5.74, 6) is 0.128. The van der Waals surface area contributed by atoms with Gasteiger partial charge in [-0.15, -0.1) is 24.8 Å². The van der Waals surface area contributed by atoms with Crippen LogP contribution in [0.15, 0.2) is 12.4 Å². The van der Waals surface area contributed by atoms with E-state index in [0.717, 1.165) is 5.56 Å². The van der Waals surface area contributed by atoms with Crippen molar-refractivity contribution in [3.8, 4) is 0 Å². The third-order valence-electron chi connectivity index (χ3n) is 2.56. The number of halogens is 2. The summed E-state index contributed by atoms with van der Waals surface area (Å²) >= 11 is 0. The van der Waals surface area contributed by atoms with Gasteiger partial charge in [-0.2, -0.15) is 5.10 Å². The SMILES string of the molecule is CC(C)C(N)C(=O)N(C)Cc1cnn(C)c1.Cl.Cl. The molecule has 0 radical (unpaired) electrons. The molecule has 1 heterocycles. The van der Waals surface area contributed by atoms with E-state index in [0.29, 0.717) is 6.54 Å². The van der Waals surface area contributed by atoms with Crippen molar-refractivity contribution >= 4 is 30.7 Å². The topological polar surface area (TPSA) is 64.2 Å². The van der Waals surface area contributed by atoms with Crippen molar-refractivity contribution in [2.75, 3.05) is 7.05 Å². The van der Waals surface area contributed by atoms with E-state index in [2.05, 4.69) is 5.10 Å². The van der Waals surface area contributed by atoms with Crippen molar-refractivity contribution in [2.24, 2.45) is 18.7 Å². The molecular weight excluding hydrogens is 275 g/mol. The molecule has 5 nitrogen and oxygen atoms in total. The molecule has 2 N–H and O–H groups in total. The summed E-state index contributed by atoms with van der Waals surface area (Å²) in [6.45, 7) is 4.44. The minimum absolute atomic E-state index is 0. The average Bonchev–Trinajstić information content (AvgIpc) is 2.61. The first-order chi connectivity index (χ1) is 7.41. The summed E-state index contributed by atoms with van der Waals surface area (Å²) in [6.07, 6.45) is 3.65. The van der Waals surface area contributed by atoms with Gasteiger partial charge in [0, 0.05) is 32.4 Å². The predicted octanol–water partition coefficient (Wildman–Crippen LogP) is 1.21. The van der Waals surface area contributed by atoms with Gasteiger partial charge in [0.2, 0.25) is 5.91 Å². The minimum Gasteiger partial charge on any atom is -0.340 e. The van der Waals surface area contributed by atoms with Gasteiger partial charge in [-0.3, -0.25) is 9.48 Å². The van der Waals surface area contributed by atoms with E-state index in [-0.39, 0.29) is 36.6 Å². The number of aromatic nitrogens is 2. The Morgan fingerprint density at radius 2 is 2.06 bits per heavy atom. The molecule has 0 aromatic carbocycles. The van der Waals surface area contributed by atoms with Gasteiger partial charge in [-0.05, 0) is 5.92 Å². The van der Waals surface area contributed by atoms with E-state index in [1.165, 1.54) is 0 Å². The highest BCUT2D eigenvalue weighted by Gasteiger charge is 2.21. The first-order valence-corrected chi connectivity index (χ1v) is 5.40. The molecule has 0 saturated heterocycles. The van der Waals surface area contributed by atoms with Gasteiger partial charge in [0.15, 0.2) is 0 Å². The molecule has 0 spiro atoms. The zero-order chi connectivity index (χ0) is 12.3. The Bertz CT molecular complexity index is 368. The maximum absolute atomic E-state index is 11.9. The van der Waals surface area contributed by atoms with Crippen molar-refractivity contribution < 1.29 is 4.79 Å². The number of rotatable bonds is 4. The second kappa shape index (κ2) is 8.34. The minimum atomic E-state index is -0.429. The van der Waals surface area contributed by atoms with Crippen LogP contribution in [0, 0.1) is 5.92 Å². The van der Waals surface area contributed by atoms with Crippen LogP contribution in [0.1, 0.15) is 19.4 Å². The van der Waals surface area contributed by atoms with Crippen LogP contribution < -0.4 is 5.73 Å². The largest absolute Gasteiger partial charge is 0.340 e. The normalized spacial score (nSPS) is 11.4. The highest BCUT2D eigenvalue weighted by molar-refractivity contribution is 5.85. The van der Waals surface area contributed by atoms with Crippen LogP contribution in [0.25, 0.3) is 0 Å². The quantitative estimate of drug-likeness (QED) is 0.908. The Labute approximate surface area is 121 Å². The zero-order valence-electron chi connectivity index (χ0n) is 11.2. The summed E-state index contributed by atoms with van der Waals surface area (Å²) in [5, 5.41) is 4.06. The van der Waals surface area contributed by atoms with Gasteiger partial charge < -0.3 is 10.6 Å². The van der Waals surface area contributed by atoms with Crippen molar-refractivity contribution in [1.29, 1.82) is 0 Å². The molecule has 1 aromatic rings. The van der Waals surface area contributed by atoms with Crippen LogP contribution in [0.5, 0.6) is 0 Å². The average molecular weight is 297 g/mol. The molecule has 0 saturated carbocycles. The number of hydrogen-bond acceptors (Lipinski definition) is 3. The van der Waals surface area contributed by atoms with Crippen LogP contribution in [-0.2, 0) is 18.4 Å². The van der Waals surface area contributed by atoms with Crippen LogP contribution >= 0.6 is 24.8 Å². The third kappa shape index (κ3) is 5.25. The lowest BCUT2D eigenvalue weighted by molar-refractivity contribution is -0.132. The second-order valence-electron chi connectivity index (χ2n) is 4.49. The molecule has 0 fully saturated rings. The fourth-order valence-electron chi connectivity index (χ4n) is 1.44. The number of hydrogen-bond donors (Lipinski definition) is 1. The van der Waals surface area contributed by atoms with Crippen LogP contribution in [0.3, 0.4) is 0 Å². The number of carbonyl (C=O) groups is 1. The maximum Gasteiger partial charge on any atom is 0.239 e. The summed E-state index contributed by atoms with van der Waals surface area (Å²) in [6, 6.07) is -0.429. The third-order valence-corrected chi connectivity index (χ3v) is 2.56. The van der Waals surface area contributed by atoms with E-state index in [1.54, 1.807) is 22.8 Å². The van der Waals surface area contributed by atoms with E-state index >= 15 is 0 Å². The lowest BCUT2D eigenvalue weighted by Gasteiger charge is -2.22. The van der Waals surface area contributed by atoms with Crippen molar-refractivity contribution in [3.63, 3.8) is 0 Å². The van der Waals surface area contributed by atoms with Crippen LogP contribution in [0.4, 0.5) is 0 Å². The van der Waals surface area contributed by atoms with Crippen LogP contribution in [-0.4, -0.2) is 33.7 Å². The summed E-state index contributed by atoms with van der Waals surface area (Å²) in [7, 11) is 3.61. The fraction of sp³-hybridized carbons (Fsp3) is 0.636. The molecule has 0 aliphatic rings. The summed E-state index contributed by atoms with van der Waals surface area (Å²) in [4.78, 5) is 13.5. The monoisotopic (exact) mass is 296 g/mol. The van der Waals surface area contributed by atoms with E-state index in [4.69, 9.17) is 5.73 Å². The number of nitrogens with two attached hydrogens (primary N) is 1. The Morgan fingerprint density at radius 3 is 2.44 bits per heavy atom. The number of carbonyl (C=O) groups excluding carboxylic acids is 1. The van der Waals surface area contributed by atoms with Crippen LogP contribution in [0.2, 0.25) is 0 Å². The Balaban J connectivity index is 0. The predicted molar refractivity (Wildman–Crippen MR) is 77.0 cm³/mol. The van der Waals surface area contributed by atoms with E-state index < -0.39 is 6.04 Å². The first-order valence-electron chi connectivity index (χ1n) is 5.40. The zero-order valence-corrected chi connectivity index (χ0v) is 12.8. The van der Waals surface area contributed by atoms with Gasteiger partial charge >= 0.3 is 0 Å². The molecule has 1 atom stereocenters. The van der Waals surface area contributed by atoms with Gasteiger partial charge in [0.05, 0.1) is 12.2 Å². The Hall–Kier alpha value is -0.780. The molecule has 0 aliphatic heterocycles. The number of amides is 1. The lowest BCUT2D eigenvalue weighted by Crippen LogP contribution is -2.44. The molecule has 1 rings (SSSR count). The fourth-order valence-corrected chi connectivity index (χ4v) is 1.44. The summed E-state index contributed by atoms with van der Waals surface area (Å²) in [5.41, 5.74) is 6.82. The molecule has 0 bridgehead atoms. The maximum atomic E-state index is 11.9. The Morgan fingerprint density at radius 1 is 1.50 bits per heavy atom. The first kappa shape index (κ1) is 19.6. The molecule has 7 heteroatoms. The molecule has 1 aromatic heterocycles. The standard InChI is InChI=1S/C11H20N4O.2ClH/c1-8(2)10(12)11(16)14(3)6-9-5-13-15(4)7-9;;/h5,7-8,10H,6,12H2,1-4H3;2*1H. The smallest absolute Gasteiger partial charge is 0.239 e. The summed E-state index contributed by atoms with van der Waals surface area (Å²) < 4.78 is 1.72. The second-order valence-corrected chi connectivity index (χ2v) is 4.49. The number of likely N-dealkylation sites (N-methyl/N-ethyl adjacent to an activating group) is 1. The van der Waals surface area contributed by atoms with Crippen molar-refractivity contribution in [3.05, 3.63) is 18.0 Å². The Kier molecular flexibility index (Phi) is 9.07. The molecular formula is C11H22Cl2N4O. The van der Waals surface area contributed by atoms with Gasteiger partial charge in [0.1, 0.15) is 0 Å². The highest BCUT2D eigenvalue weighted by Crippen LogP contribution is 2.06.